The van der Waals surface area contributed by atoms with Crippen molar-refractivity contribution in [3.8, 4) is 0 Å². The lowest BCUT2D eigenvalue weighted by atomic mass is 10.1. The van der Waals surface area contributed by atoms with E-state index >= 15 is 0 Å². The number of alkyl halides is 3. The highest BCUT2D eigenvalue weighted by Gasteiger charge is 2.30. The highest BCUT2D eigenvalue weighted by atomic mass is 32.2. The number of halogens is 3. The second kappa shape index (κ2) is 9.33. The van der Waals surface area contributed by atoms with Gasteiger partial charge in [0.25, 0.3) is 15.9 Å². The predicted octanol–water partition coefficient (Wildman–Crippen LogP) is 4.55. The summed E-state index contributed by atoms with van der Waals surface area (Å²) < 4.78 is 70.2. The summed E-state index contributed by atoms with van der Waals surface area (Å²) in [6.45, 7) is 0. The zero-order valence-corrected chi connectivity index (χ0v) is 17.8. The van der Waals surface area contributed by atoms with E-state index in [0.29, 0.717) is 0 Å². The van der Waals surface area contributed by atoms with Gasteiger partial charge in [-0.25, -0.2) is 13.2 Å². The molecule has 3 rings (SSSR count). The number of methoxy groups -OCH3 is 1. The van der Waals surface area contributed by atoms with Crippen LogP contribution in [0.5, 0.6) is 0 Å². The molecule has 0 heterocycles. The van der Waals surface area contributed by atoms with Crippen LogP contribution in [0.3, 0.4) is 0 Å². The van der Waals surface area contributed by atoms with Gasteiger partial charge in [0.2, 0.25) is 0 Å². The topological polar surface area (TPSA) is 102 Å². The molecule has 0 fully saturated rings. The second-order valence-electron chi connectivity index (χ2n) is 6.70. The van der Waals surface area contributed by atoms with Crippen LogP contribution in [0.1, 0.15) is 26.3 Å². The lowest BCUT2D eigenvalue weighted by molar-refractivity contribution is -0.137. The number of sulfonamides is 1. The first-order chi connectivity index (χ1) is 15.5. The molecule has 0 spiro atoms. The van der Waals surface area contributed by atoms with Crippen molar-refractivity contribution in [3.63, 3.8) is 0 Å². The van der Waals surface area contributed by atoms with E-state index in [4.69, 9.17) is 0 Å². The maximum absolute atomic E-state index is 12.7. The van der Waals surface area contributed by atoms with E-state index in [1.54, 1.807) is 12.1 Å². The van der Waals surface area contributed by atoms with Gasteiger partial charge in [-0.15, -0.1) is 0 Å². The Bertz CT molecular complexity index is 1290. The van der Waals surface area contributed by atoms with Gasteiger partial charge < -0.3 is 10.1 Å². The maximum atomic E-state index is 12.7. The first kappa shape index (κ1) is 23.8. The van der Waals surface area contributed by atoms with Gasteiger partial charge in [-0.1, -0.05) is 18.2 Å². The zero-order valence-electron chi connectivity index (χ0n) is 17.0. The number of amides is 1. The summed E-state index contributed by atoms with van der Waals surface area (Å²) in [6, 6.07) is 14.6. The van der Waals surface area contributed by atoms with E-state index in [1.807, 2.05) is 0 Å². The molecule has 0 bridgehead atoms. The first-order valence-electron chi connectivity index (χ1n) is 9.30. The number of nitrogens with one attached hydrogen (secondary N) is 2. The van der Waals surface area contributed by atoms with Crippen molar-refractivity contribution in [1.82, 2.24) is 0 Å². The summed E-state index contributed by atoms with van der Waals surface area (Å²) in [5.41, 5.74) is -0.738. The molecule has 0 aliphatic carbocycles. The molecule has 172 valence electrons. The average Bonchev–Trinajstić information content (AvgIpc) is 2.78. The van der Waals surface area contributed by atoms with Crippen LogP contribution >= 0.6 is 0 Å². The van der Waals surface area contributed by atoms with Gasteiger partial charge in [0.1, 0.15) is 0 Å². The number of hydrogen-bond acceptors (Lipinski definition) is 5. The Balaban J connectivity index is 1.81. The van der Waals surface area contributed by atoms with Crippen LogP contribution < -0.4 is 10.0 Å². The van der Waals surface area contributed by atoms with E-state index in [2.05, 4.69) is 14.8 Å². The molecule has 3 aromatic rings. The van der Waals surface area contributed by atoms with Crippen molar-refractivity contribution in [2.45, 2.75) is 11.1 Å². The summed E-state index contributed by atoms with van der Waals surface area (Å²) in [6.07, 6.45) is -4.55. The Kier molecular flexibility index (Phi) is 6.73. The van der Waals surface area contributed by atoms with Crippen LogP contribution in [0.15, 0.2) is 77.7 Å². The van der Waals surface area contributed by atoms with Crippen molar-refractivity contribution >= 4 is 33.3 Å². The van der Waals surface area contributed by atoms with Gasteiger partial charge in [0, 0.05) is 11.3 Å². The van der Waals surface area contributed by atoms with E-state index in [9.17, 15) is 31.2 Å². The number of para-hydroxylation sites is 1. The SMILES string of the molecule is COC(=O)c1ccccc1NC(=O)c1cccc(S(=O)(=O)Nc2ccc(C(F)(F)F)cc2)c1. The van der Waals surface area contributed by atoms with Crippen LogP contribution in [-0.4, -0.2) is 27.4 Å². The summed E-state index contributed by atoms with van der Waals surface area (Å²) in [7, 11) is -3.01. The molecule has 3 aromatic carbocycles. The highest BCUT2D eigenvalue weighted by molar-refractivity contribution is 7.92. The molecular weight excluding hydrogens is 461 g/mol. The molecule has 0 unspecified atom stereocenters. The molecule has 11 heteroatoms. The van der Waals surface area contributed by atoms with Crippen LogP contribution in [0.25, 0.3) is 0 Å². The Morgan fingerprint density at radius 1 is 0.909 bits per heavy atom. The molecule has 0 aliphatic heterocycles. The third-order valence-corrected chi connectivity index (χ3v) is 5.83. The molecule has 0 atom stereocenters. The standard InChI is InChI=1S/C22H17F3N2O5S/c1-32-21(29)18-7-2-3-8-19(18)26-20(28)14-5-4-6-17(13-14)33(30,31)27-16-11-9-15(10-12-16)22(23,24)25/h2-13,27H,1H3,(H,26,28). The fourth-order valence-electron chi connectivity index (χ4n) is 2.82. The third-order valence-electron chi connectivity index (χ3n) is 4.45. The quantitative estimate of drug-likeness (QED) is 0.507. The number of hydrogen-bond donors (Lipinski definition) is 2. The smallest absolute Gasteiger partial charge is 0.416 e. The van der Waals surface area contributed by atoms with Crippen molar-refractivity contribution in [2.24, 2.45) is 0 Å². The molecule has 7 nitrogen and oxygen atoms in total. The number of carbonyl (C=O) groups excluding carboxylic acids is 2. The lowest BCUT2D eigenvalue weighted by Crippen LogP contribution is -2.17. The number of benzene rings is 3. The normalized spacial score (nSPS) is 11.5. The predicted molar refractivity (Wildman–Crippen MR) is 114 cm³/mol. The van der Waals surface area contributed by atoms with Crippen molar-refractivity contribution in [3.05, 3.63) is 89.5 Å². The number of ether oxygens (including phenoxy) is 1. The van der Waals surface area contributed by atoms with Crippen LogP contribution in [0, 0.1) is 0 Å². The molecule has 2 N–H and O–H groups in total. The third kappa shape index (κ3) is 5.69. The molecule has 0 saturated heterocycles. The molecule has 0 aliphatic rings. The van der Waals surface area contributed by atoms with Crippen molar-refractivity contribution < 1.29 is 35.9 Å². The van der Waals surface area contributed by atoms with E-state index in [0.717, 1.165) is 30.3 Å². The van der Waals surface area contributed by atoms with Gasteiger partial charge in [-0.2, -0.15) is 13.2 Å². The van der Waals surface area contributed by atoms with E-state index in [1.165, 1.54) is 37.4 Å². The Morgan fingerprint density at radius 2 is 1.58 bits per heavy atom. The molecule has 0 radical (unpaired) electrons. The molecule has 1 amide bonds. The Hall–Kier alpha value is -3.86. The second-order valence-corrected chi connectivity index (χ2v) is 8.38. The van der Waals surface area contributed by atoms with Crippen LogP contribution in [0.4, 0.5) is 24.5 Å². The lowest BCUT2D eigenvalue weighted by Gasteiger charge is -2.12. The van der Waals surface area contributed by atoms with E-state index < -0.39 is 33.6 Å². The van der Waals surface area contributed by atoms with Gasteiger partial charge in [0.15, 0.2) is 0 Å². The van der Waals surface area contributed by atoms with E-state index in [-0.39, 0.29) is 27.4 Å². The van der Waals surface area contributed by atoms with Gasteiger partial charge in [0.05, 0.1) is 28.8 Å². The molecular formula is C22H17F3N2O5S. The number of anilines is 2. The Labute approximate surface area is 187 Å². The summed E-state index contributed by atoms with van der Waals surface area (Å²) in [5, 5.41) is 2.53. The summed E-state index contributed by atoms with van der Waals surface area (Å²) >= 11 is 0. The highest BCUT2D eigenvalue weighted by Crippen LogP contribution is 2.30. The molecule has 33 heavy (non-hydrogen) atoms. The Morgan fingerprint density at radius 3 is 2.21 bits per heavy atom. The monoisotopic (exact) mass is 478 g/mol. The van der Waals surface area contributed by atoms with Crippen molar-refractivity contribution in [1.29, 1.82) is 0 Å². The number of carbonyl (C=O) groups is 2. The van der Waals surface area contributed by atoms with Gasteiger partial charge >= 0.3 is 12.1 Å². The zero-order chi connectivity index (χ0) is 24.2. The number of esters is 1. The first-order valence-corrected chi connectivity index (χ1v) is 10.8. The molecule has 0 saturated carbocycles. The summed E-state index contributed by atoms with van der Waals surface area (Å²) in [5.74, 6) is -1.35. The minimum Gasteiger partial charge on any atom is -0.465 e. The molecule has 0 aromatic heterocycles. The minimum absolute atomic E-state index is 0.0232. The van der Waals surface area contributed by atoms with Crippen LogP contribution in [-0.2, 0) is 20.9 Å². The minimum atomic E-state index is -4.55. The number of rotatable bonds is 6. The fourth-order valence-corrected chi connectivity index (χ4v) is 3.92. The largest absolute Gasteiger partial charge is 0.465 e. The van der Waals surface area contributed by atoms with Crippen LogP contribution in [0.2, 0.25) is 0 Å². The maximum Gasteiger partial charge on any atom is 0.416 e. The van der Waals surface area contributed by atoms with Crippen molar-refractivity contribution in [2.75, 3.05) is 17.1 Å². The van der Waals surface area contributed by atoms with Gasteiger partial charge in [-0.05, 0) is 54.6 Å². The average molecular weight is 478 g/mol. The summed E-state index contributed by atoms with van der Waals surface area (Å²) in [4.78, 5) is 24.2. The fraction of sp³-hybridized carbons (Fsp3) is 0.0909. The van der Waals surface area contributed by atoms with Gasteiger partial charge in [-0.3, -0.25) is 9.52 Å².